The van der Waals surface area contributed by atoms with Crippen molar-refractivity contribution in [3.63, 3.8) is 0 Å². The zero-order valence-corrected chi connectivity index (χ0v) is 22.9. The lowest BCUT2D eigenvalue weighted by molar-refractivity contribution is 0.0687. The summed E-state index contributed by atoms with van der Waals surface area (Å²) in [6.45, 7) is 16.1. The Morgan fingerprint density at radius 2 is 1.88 bits per heavy atom. The molecule has 2 heterocycles. The fourth-order valence-electron chi connectivity index (χ4n) is 3.69. The van der Waals surface area contributed by atoms with Crippen LogP contribution in [0.25, 0.3) is 0 Å². The standard InChI is InChI=1S/C14H16BrN3O.C12H24FN/c1-9-13(15)10(2)18(17-9)8-11-5-4-6-12(7-11)14(19)16-3;1-11(2,3)5-8-14-9-6-12(4,13)7-10-14/h4-7H,8H2,1-3H3,(H,16,19);5-10H2,1-4H3. The molecule has 5 nitrogen and oxygen atoms in total. The maximum Gasteiger partial charge on any atom is 0.251 e. The lowest BCUT2D eigenvalue weighted by Crippen LogP contribution is -2.41. The number of rotatable bonds is 5. The van der Waals surface area contributed by atoms with E-state index in [4.69, 9.17) is 0 Å². The van der Waals surface area contributed by atoms with Crippen molar-refractivity contribution < 1.29 is 9.18 Å². The second kappa shape index (κ2) is 11.6. The van der Waals surface area contributed by atoms with E-state index in [0.717, 1.165) is 41.1 Å². The molecular formula is C26H40BrFN4O. The van der Waals surface area contributed by atoms with Crippen LogP contribution in [0, 0.1) is 19.3 Å². The van der Waals surface area contributed by atoms with Crippen molar-refractivity contribution in [3.05, 3.63) is 51.3 Å². The molecule has 1 amide bonds. The van der Waals surface area contributed by atoms with Crippen LogP contribution in [0.3, 0.4) is 0 Å². The Kier molecular flexibility index (Phi) is 9.68. The highest BCUT2D eigenvalue weighted by molar-refractivity contribution is 9.10. The molecule has 33 heavy (non-hydrogen) atoms. The average Bonchev–Trinajstić information content (AvgIpc) is 2.99. The van der Waals surface area contributed by atoms with Crippen molar-refractivity contribution in [1.29, 1.82) is 0 Å². The number of hydrogen-bond acceptors (Lipinski definition) is 3. The molecule has 1 aromatic carbocycles. The van der Waals surface area contributed by atoms with Gasteiger partial charge < -0.3 is 10.2 Å². The number of carbonyl (C=O) groups is 1. The molecule has 0 bridgehead atoms. The number of likely N-dealkylation sites (tertiary alicyclic amines) is 1. The first-order valence-corrected chi connectivity index (χ1v) is 12.5. The molecule has 184 valence electrons. The van der Waals surface area contributed by atoms with Gasteiger partial charge in [0.25, 0.3) is 5.91 Å². The summed E-state index contributed by atoms with van der Waals surface area (Å²) in [6.07, 6.45) is 2.62. The van der Waals surface area contributed by atoms with Crippen LogP contribution in [0.1, 0.15) is 74.3 Å². The van der Waals surface area contributed by atoms with E-state index < -0.39 is 5.67 Å². The van der Waals surface area contributed by atoms with E-state index in [1.807, 2.05) is 36.7 Å². The van der Waals surface area contributed by atoms with E-state index in [0.29, 0.717) is 30.4 Å². The molecule has 3 rings (SSSR count). The normalized spacial score (nSPS) is 16.2. The third-order valence-electron chi connectivity index (χ3n) is 6.12. The summed E-state index contributed by atoms with van der Waals surface area (Å²) in [5.74, 6) is -0.0728. The van der Waals surface area contributed by atoms with Crippen LogP contribution in [-0.4, -0.2) is 52.9 Å². The number of alkyl halides is 1. The zero-order valence-electron chi connectivity index (χ0n) is 21.3. The second-order valence-corrected chi connectivity index (χ2v) is 11.3. The van der Waals surface area contributed by atoms with Crippen molar-refractivity contribution in [1.82, 2.24) is 20.0 Å². The minimum atomic E-state index is -0.905. The third-order valence-corrected chi connectivity index (χ3v) is 7.27. The van der Waals surface area contributed by atoms with E-state index in [1.54, 1.807) is 20.0 Å². The van der Waals surface area contributed by atoms with Crippen LogP contribution in [0.4, 0.5) is 4.39 Å². The van der Waals surface area contributed by atoms with E-state index in [2.05, 4.69) is 52.0 Å². The van der Waals surface area contributed by atoms with Gasteiger partial charge in [0.15, 0.2) is 0 Å². The van der Waals surface area contributed by atoms with E-state index in [-0.39, 0.29) is 5.91 Å². The Morgan fingerprint density at radius 1 is 1.24 bits per heavy atom. The van der Waals surface area contributed by atoms with Gasteiger partial charge in [0.2, 0.25) is 0 Å². The molecule has 0 radical (unpaired) electrons. The summed E-state index contributed by atoms with van der Waals surface area (Å²) in [7, 11) is 1.63. The van der Waals surface area contributed by atoms with Crippen molar-refractivity contribution >= 4 is 21.8 Å². The molecule has 0 unspecified atom stereocenters. The first-order valence-electron chi connectivity index (χ1n) is 11.7. The van der Waals surface area contributed by atoms with Gasteiger partial charge in [-0.15, -0.1) is 0 Å². The van der Waals surface area contributed by atoms with E-state index in [9.17, 15) is 9.18 Å². The molecule has 1 saturated heterocycles. The predicted octanol–water partition coefficient (Wildman–Crippen LogP) is 5.92. The Labute approximate surface area is 207 Å². The number of amides is 1. The fraction of sp³-hybridized carbons (Fsp3) is 0.615. The summed E-state index contributed by atoms with van der Waals surface area (Å²) < 4.78 is 16.5. The molecule has 1 aliphatic rings. The highest BCUT2D eigenvalue weighted by Crippen LogP contribution is 2.27. The second-order valence-electron chi connectivity index (χ2n) is 10.5. The molecule has 0 aliphatic carbocycles. The Bertz CT molecular complexity index is 923. The number of aromatic nitrogens is 2. The molecule has 0 spiro atoms. The quantitative estimate of drug-likeness (QED) is 0.530. The van der Waals surface area contributed by atoms with Crippen molar-refractivity contribution in [2.45, 2.75) is 73.0 Å². The minimum absolute atomic E-state index is 0.0728. The number of hydrogen-bond donors (Lipinski definition) is 1. The van der Waals surface area contributed by atoms with Gasteiger partial charge in [-0.2, -0.15) is 5.10 Å². The van der Waals surface area contributed by atoms with Gasteiger partial charge in [-0.1, -0.05) is 32.9 Å². The molecular weight excluding hydrogens is 483 g/mol. The number of halogens is 2. The van der Waals surface area contributed by atoms with Crippen molar-refractivity contribution in [2.75, 3.05) is 26.7 Å². The fourth-order valence-corrected chi connectivity index (χ4v) is 3.98. The van der Waals surface area contributed by atoms with Gasteiger partial charge >= 0.3 is 0 Å². The third kappa shape index (κ3) is 8.85. The summed E-state index contributed by atoms with van der Waals surface area (Å²) >= 11 is 3.51. The topological polar surface area (TPSA) is 50.2 Å². The maximum atomic E-state index is 13.5. The van der Waals surface area contributed by atoms with E-state index in [1.165, 1.54) is 6.42 Å². The van der Waals surface area contributed by atoms with Crippen molar-refractivity contribution in [3.8, 4) is 0 Å². The van der Waals surface area contributed by atoms with Gasteiger partial charge in [-0.05, 0) is 85.6 Å². The monoisotopic (exact) mass is 522 g/mol. The van der Waals surface area contributed by atoms with Crippen LogP contribution in [-0.2, 0) is 6.54 Å². The Morgan fingerprint density at radius 3 is 2.39 bits per heavy atom. The van der Waals surface area contributed by atoms with E-state index >= 15 is 0 Å². The molecule has 1 aromatic heterocycles. The largest absolute Gasteiger partial charge is 0.355 e. The van der Waals surface area contributed by atoms with Gasteiger partial charge in [0, 0.05) is 25.7 Å². The summed E-state index contributed by atoms with van der Waals surface area (Å²) in [5, 5.41) is 7.10. The highest BCUT2D eigenvalue weighted by Gasteiger charge is 2.29. The first-order chi connectivity index (χ1) is 15.3. The lowest BCUT2D eigenvalue weighted by Gasteiger charge is -2.35. The molecule has 0 saturated carbocycles. The zero-order chi connectivity index (χ0) is 24.8. The predicted molar refractivity (Wildman–Crippen MR) is 138 cm³/mol. The molecule has 1 N–H and O–H groups in total. The van der Waals surface area contributed by atoms with Crippen LogP contribution in [0.15, 0.2) is 28.7 Å². The Hall–Kier alpha value is -1.73. The van der Waals surface area contributed by atoms with Crippen LogP contribution in [0.2, 0.25) is 0 Å². The molecule has 2 aromatic rings. The van der Waals surface area contributed by atoms with Gasteiger partial charge in [0.1, 0.15) is 5.67 Å². The minimum Gasteiger partial charge on any atom is -0.355 e. The van der Waals surface area contributed by atoms with Crippen LogP contribution in [0.5, 0.6) is 0 Å². The summed E-state index contributed by atoms with van der Waals surface area (Å²) in [6, 6.07) is 7.58. The van der Waals surface area contributed by atoms with Crippen LogP contribution < -0.4 is 5.32 Å². The van der Waals surface area contributed by atoms with Crippen LogP contribution >= 0.6 is 15.9 Å². The number of benzene rings is 1. The Balaban J connectivity index is 0.000000245. The maximum absolute atomic E-state index is 13.5. The summed E-state index contributed by atoms with van der Waals surface area (Å²) in [5.41, 5.74) is 3.27. The first kappa shape index (κ1) is 27.5. The number of piperidine rings is 1. The number of nitrogens with one attached hydrogen (secondary N) is 1. The van der Waals surface area contributed by atoms with Gasteiger partial charge in [-0.3, -0.25) is 9.48 Å². The smallest absolute Gasteiger partial charge is 0.251 e. The van der Waals surface area contributed by atoms with Gasteiger partial charge in [0.05, 0.1) is 22.4 Å². The summed E-state index contributed by atoms with van der Waals surface area (Å²) in [4.78, 5) is 14.0. The molecule has 1 fully saturated rings. The van der Waals surface area contributed by atoms with Gasteiger partial charge in [-0.25, -0.2) is 4.39 Å². The number of aryl methyl sites for hydroxylation is 1. The average molecular weight is 524 g/mol. The molecule has 7 heteroatoms. The van der Waals surface area contributed by atoms with Crippen molar-refractivity contribution in [2.24, 2.45) is 5.41 Å². The number of nitrogens with zero attached hydrogens (tertiary/aromatic N) is 3. The highest BCUT2D eigenvalue weighted by atomic mass is 79.9. The molecule has 1 aliphatic heterocycles. The number of carbonyl (C=O) groups excluding carboxylic acids is 1. The molecule has 0 atom stereocenters. The lowest BCUT2D eigenvalue weighted by atomic mass is 9.90. The SMILES string of the molecule is CC(C)(C)CCN1CCC(C)(F)CC1.CNC(=O)c1cccc(Cn2nc(C)c(Br)c2C)c1.